The van der Waals surface area contributed by atoms with Crippen LogP contribution in [0.25, 0.3) is 0 Å². The van der Waals surface area contributed by atoms with Crippen molar-refractivity contribution >= 4 is 40.6 Å². The van der Waals surface area contributed by atoms with Gasteiger partial charge in [-0.1, -0.05) is 23.2 Å². The normalized spacial score (nSPS) is 19.1. The van der Waals surface area contributed by atoms with Crippen molar-refractivity contribution < 1.29 is 14.3 Å². The molecule has 168 valence electrons. The minimum Gasteiger partial charge on any atom is -0.496 e. The zero-order valence-electron chi connectivity index (χ0n) is 17.5. The Morgan fingerprint density at radius 2 is 2.13 bits per heavy atom. The van der Waals surface area contributed by atoms with Gasteiger partial charge in [0.1, 0.15) is 11.6 Å². The lowest BCUT2D eigenvalue weighted by atomic mass is 10.0. The number of nitrogens with one attached hydrogen (secondary N) is 2. The minimum absolute atomic E-state index is 0.132. The molecule has 1 aliphatic heterocycles. The number of methoxy groups -OCH3 is 2. The van der Waals surface area contributed by atoms with E-state index in [2.05, 4.69) is 20.5 Å². The van der Waals surface area contributed by atoms with Gasteiger partial charge in [-0.05, 0) is 24.6 Å². The van der Waals surface area contributed by atoms with E-state index in [1.165, 1.54) is 13.2 Å². The summed E-state index contributed by atoms with van der Waals surface area (Å²) in [5.41, 5.74) is 6.51. The Hall–Kier alpha value is -2.26. The van der Waals surface area contributed by atoms with Crippen molar-refractivity contribution in [3.8, 4) is 5.75 Å². The number of likely N-dealkylation sites (tertiary alicyclic amines) is 1. The van der Waals surface area contributed by atoms with Crippen molar-refractivity contribution in [3.05, 3.63) is 46.1 Å². The molecule has 0 spiro atoms. The number of benzene rings is 1. The van der Waals surface area contributed by atoms with Crippen LogP contribution < -0.4 is 21.1 Å². The van der Waals surface area contributed by atoms with E-state index in [-0.39, 0.29) is 18.1 Å². The highest BCUT2D eigenvalue weighted by atomic mass is 35.5. The maximum atomic E-state index is 12.9. The number of rotatable bonds is 8. The van der Waals surface area contributed by atoms with Crippen LogP contribution in [0.2, 0.25) is 10.0 Å². The van der Waals surface area contributed by atoms with Crippen molar-refractivity contribution in [2.24, 2.45) is 0 Å². The van der Waals surface area contributed by atoms with Gasteiger partial charge in [0.05, 0.1) is 40.6 Å². The van der Waals surface area contributed by atoms with Crippen molar-refractivity contribution in [2.45, 2.75) is 18.6 Å². The van der Waals surface area contributed by atoms with Gasteiger partial charge >= 0.3 is 0 Å². The molecule has 0 unspecified atom stereocenters. The summed E-state index contributed by atoms with van der Waals surface area (Å²) in [6.45, 7) is 3.01. The highest BCUT2D eigenvalue weighted by molar-refractivity contribution is 6.33. The topological polar surface area (TPSA) is 102 Å². The second-order valence-corrected chi connectivity index (χ2v) is 8.09. The Morgan fingerprint density at radius 3 is 2.84 bits per heavy atom. The molecule has 8 nitrogen and oxygen atoms in total. The van der Waals surface area contributed by atoms with Crippen molar-refractivity contribution in [1.29, 1.82) is 0 Å². The van der Waals surface area contributed by atoms with Gasteiger partial charge < -0.3 is 25.8 Å². The number of hydrogen-bond acceptors (Lipinski definition) is 7. The van der Waals surface area contributed by atoms with Gasteiger partial charge in [0, 0.05) is 45.6 Å². The molecule has 0 saturated carbocycles. The second-order valence-electron chi connectivity index (χ2n) is 7.28. The molecule has 1 amide bonds. The Kier molecular flexibility index (Phi) is 8.20. The molecule has 1 fully saturated rings. The molecule has 1 saturated heterocycles. The predicted molar refractivity (Wildman–Crippen MR) is 123 cm³/mol. The van der Waals surface area contributed by atoms with Crippen molar-refractivity contribution in [2.75, 3.05) is 51.4 Å². The van der Waals surface area contributed by atoms with E-state index in [4.69, 9.17) is 38.4 Å². The van der Waals surface area contributed by atoms with E-state index in [1.807, 2.05) is 0 Å². The lowest BCUT2D eigenvalue weighted by Crippen LogP contribution is -2.55. The van der Waals surface area contributed by atoms with E-state index in [1.54, 1.807) is 31.5 Å². The molecule has 10 heteroatoms. The van der Waals surface area contributed by atoms with Gasteiger partial charge in [-0.15, -0.1) is 0 Å². The summed E-state index contributed by atoms with van der Waals surface area (Å²) in [7, 11) is 3.14. The van der Waals surface area contributed by atoms with Gasteiger partial charge in [-0.3, -0.25) is 9.69 Å². The Balaban J connectivity index is 1.56. The number of ether oxygens (including phenoxy) is 2. The number of anilines is 2. The number of nitrogens with zero attached hydrogens (tertiary/aromatic N) is 2. The molecule has 1 aromatic heterocycles. The van der Waals surface area contributed by atoms with Gasteiger partial charge in [-0.2, -0.15) is 0 Å². The molecule has 0 radical (unpaired) electrons. The number of amides is 1. The number of nitrogen functional groups attached to an aromatic ring is 1. The Labute approximate surface area is 192 Å². The number of carbonyl (C=O) groups is 1. The molecule has 1 aliphatic rings. The number of nitrogens with two attached hydrogens (primary N) is 1. The summed E-state index contributed by atoms with van der Waals surface area (Å²) in [4.78, 5) is 19.4. The molecular formula is C21H27Cl2N5O3. The fraction of sp³-hybridized carbons (Fsp3) is 0.429. The van der Waals surface area contributed by atoms with Crippen molar-refractivity contribution in [1.82, 2.24) is 15.2 Å². The average Bonchev–Trinajstić information content (AvgIpc) is 2.77. The molecule has 2 atom stereocenters. The maximum absolute atomic E-state index is 12.9. The number of pyridine rings is 1. The van der Waals surface area contributed by atoms with E-state index >= 15 is 0 Å². The summed E-state index contributed by atoms with van der Waals surface area (Å²) in [5, 5.41) is 7.21. The molecule has 2 aromatic rings. The smallest absolute Gasteiger partial charge is 0.255 e. The molecule has 3 rings (SSSR count). The molecule has 0 bridgehead atoms. The minimum atomic E-state index is -0.272. The van der Waals surface area contributed by atoms with Crippen LogP contribution in [0.1, 0.15) is 16.8 Å². The van der Waals surface area contributed by atoms with Crippen LogP contribution in [0.4, 0.5) is 11.5 Å². The monoisotopic (exact) mass is 467 g/mol. The van der Waals surface area contributed by atoms with Crippen LogP contribution in [0, 0.1) is 0 Å². The first-order chi connectivity index (χ1) is 14.9. The van der Waals surface area contributed by atoms with Crippen LogP contribution in [-0.4, -0.2) is 68.3 Å². The van der Waals surface area contributed by atoms with Crippen molar-refractivity contribution in [3.63, 3.8) is 0 Å². The fourth-order valence-corrected chi connectivity index (χ4v) is 3.95. The molecule has 0 aliphatic carbocycles. The number of aromatic nitrogens is 1. The fourth-order valence-electron chi connectivity index (χ4n) is 3.60. The lowest BCUT2D eigenvalue weighted by molar-refractivity contribution is 0.00762. The quantitative estimate of drug-likeness (QED) is 0.512. The Bertz CT molecular complexity index is 915. The Morgan fingerprint density at radius 1 is 1.32 bits per heavy atom. The lowest BCUT2D eigenvalue weighted by Gasteiger charge is -2.38. The third-order valence-electron chi connectivity index (χ3n) is 5.30. The van der Waals surface area contributed by atoms with Gasteiger partial charge in [-0.25, -0.2) is 4.98 Å². The van der Waals surface area contributed by atoms with Crippen LogP contribution >= 0.6 is 23.2 Å². The zero-order valence-corrected chi connectivity index (χ0v) is 19.0. The van der Waals surface area contributed by atoms with Crippen LogP contribution in [0.15, 0.2) is 30.5 Å². The largest absolute Gasteiger partial charge is 0.496 e. The summed E-state index contributed by atoms with van der Waals surface area (Å²) in [5.74, 6) is 0.779. The first kappa shape index (κ1) is 23.4. The third kappa shape index (κ3) is 5.92. The number of hydrogen-bond donors (Lipinski definition) is 3. The highest BCUT2D eigenvalue weighted by Crippen LogP contribution is 2.29. The SMILES string of the molecule is COc1cc(N)c(Cl)cc1C(=O)N[C@H]1CCN(CCNc2ncccc2Cl)C[C@H]1OC. The molecular weight excluding hydrogens is 441 g/mol. The van der Waals surface area contributed by atoms with Crippen LogP contribution in [0.3, 0.4) is 0 Å². The highest BCUT2D eigenvalue weighted by Gasteiger charge is 2.31. The third-order valence-corrected chi connectivity index (χ3v) is 5.94. The second kappa shape index (κ2) is 10.9. The van der Waals surface area contributed by atoms with E-state index < -0.39 is 0 Å². The maximum Gasteiger partial charge on any atom is 0.255 e. The number of carbonyl (C=O) groups excluding carboxylic acids is 1. The summed E-state index contributed by atoms with van der Waals surface area (Å²) >= 11 is 12.2. The molecule has 1 aromatic carbocycles. The number of piperidine rings is 1. The summed E-state index contributed by atoms with van der Waals surface area (Å²) < 4.78 is 11.0. The van der Waals surface area contributed by atoms with E-state index in [9.17, 15) is 4.79 Å². The van der Waals surface area contributed by atoms with E-state index in [0.717, 1.165) is 19.5 Å². The van der Waals surface area contributed by atoms with Gasteiger partial charge in [0.2, 0.25) is 0 Å². The first-order valence-corrected chi connectivity index (χ1v) is 10.7. The van der Waals surface area contributed by atoms with Crippen LogP contribution in [-0.2, 0) is 4.74 Å². The zero-order chi connectivity index (χ0) is 22.4. The molecule has 31 heavy (non-hydrogen) atoms. The summed E-state index contributed by atoms with van der Waals surface area (Å²) in [6.07, 6.45) is 2.30. The predicted octanol–water partition coefficient (Wildman–Crippen LogP) is 2.91. The number of halogens is 2. The van der Waals surface area contributed by atoms with E-state index in [0.29, 0.717) is 46.0 Å². The van der Waals surface area contributed by atoms with Crippen LogP contribution in [0.5, 0.6) is 5.75 Å². The average molecular weight is 468 g/mol. The van der Waals surface area contributed by atoms with Gasteiger partial charge in [0.25, 0.3) is 5.91 Å². The molecule has 4 N–H and O–H groups in total. The molecule has 2 heterocycles. The summed E-state index contributed by atoms with van der Waals surface area (Å²) in [6, 6.07) is 6.54. The van der Waals surface area contributed by atoms with Gasteiger partial charge in [0.15, 0.2) is 0 Å². The first-order valence-electron chi connectivity index (χ1n) is 9.96. The standard InChI is InChI=1S/C21H27Cl2N5O3/c1-30-18-11-16(24)15(23)10-13(18)21(29)27-17-5-8-28(12-19(17)31-2)9-7-26-20-14(22)4-3-6-25-20/h3-4,6,10-11,17,19H,5,7-9,12,24H2,1-2H3,(H,25,26)(H,27,29)/t17-,19+/m0/s1.